The fraction of sp³-hybridized carbons (Fsp3) is 0.545. The lowest BCUT2D eigenvalue weighted by Gasteiger charge is -2.28. The second kappa shape index (κ2) is 5.67. The molecule has 1 fully saturated rings. The summed E-state index contributed by atoms with van der Waals surface area (Å²) in [6.45, 7) is 6.35. The number of nitrogens with zero attached hydrogens (tertiary/aromatic N) is 2. The highest BCUT2D eigenvalue weighted by molar-refractivity contribution is 5.51. The first-order valence-corrected chi connectivity index (χ1v) is 5.68. The lowest BCUT2D eigenvalue weighted by Crippen LogP contribution is -2.40. The van der Waals surface area contributed by atoms with Crippen molar-refractivity contribution in [3.63, 3.8) is 0 Å². The zero-order valence-electron chi connectivity index (χ0n) is 9.57. The molecule has 1 saturated heterocycles. The van der Waals surface area contributed by atoms with E-state index in [-0.39, 0.29) is 0 Å². The Morgan fingerprint density at radius 1 is 1.44 bits per heavy atom. The molecular weight excluding hydrogens is 204 g/mol. The number of anilines is 2. The Hall–Kier alpha value is -1.33. The normalized spacial score (nSPS) is 17.1. The minimum atomic E-state index is 0.790. The number of aromatic nitrogens is 1. The van der Waals surface area contributed by atoms with E-state index in [1.54, 1.807) is 6.20 Å². The van der Waals surface area contributed by atoms with Crippen LogP contribution in [0, 0.1) is 0 Å². The van der Waals surface area contributed by atoms with E-state index in [9.17, 15) is 0 Å². The third-order valence-electron chi connectivity index (χ3n) is 2.42. The second-order valence-electron chi connectivity index (χ2n) is 3.67. The SMILES string of the molecule is CCNc1cc(NN2CCOCC2)ccn1. The van der Waals surface area contributed by atoms with Crippen LogP contribution in [0.1, 0.15) is 6.92 Å². The van der Waals surface area contributed by atoms with Crippen LogP contribution in [0.4, 0.5) is 11.5 Å². The number of pyridine rings is 1. The van der Waals surface area contributed by atoms with Crippen molar-refractivity contribution in [3.05, 3.63) is 18.3 Å². The highest BCUT2D eigenvalue weighted by atomic mass is 16.5. The van der Waals surface area contributed by atoms with Crippen molar-refractivity contribution in [2.24, 2.45) is 0 Å². The number of ether oxygens (including phenoxy) is 1. The molecule has 16 heavy (non-hydrogen) atoms. The summed E-state index contributed by atoms with van der Waals surface area (Å²) in [7, 11) is 0. The van der Waals surface area contributed by atoms with Crippen molar-refractivity contribution in [1.29, 1.82) is 0 Å². The molecule has 0 atom stereocenters. The summed E-state index contributed by atoms with van der Waals surface area (Å²) in [6.07, 6.45) is 1.81. The maximum atomic E-state index is 5.29. The summed E-state index contributed by atoms with van der Waals surface area (Å²) in [5.74, 6) is 0.903. The molecule has 2 heterocycles. The second-order valence-corrected chi connectivity index (χ2v) is 3.67. The largest absolute Gasteiger partial charge is 0.379 e. The molecule has 1 aliphatic rings. The number of rotatable bonds is 4. The van der Waals surface area contributed by atoms with Gasteiger partial charge in [-0.25, -0.2) is 9.99 Å². The number of hydrogen-bond donors (Lipinski definition) is 2. The number of hydrogen-bond acceptors (Lipinski definition) is 5. The van der Waals surface area contributed by atoms with Gasteiger partial charge in [0.05, 0.1) is 18.9 Å². The van der Waals surface area contributed by atoms with E-state index in [4.69, 9.17) is 4.74 Å². The van der Waals surface area contributed by atoms with Crippen LogP contribution in [-0.4, -0.2) is 42.8 Å². The summed E-state index contributed by atoms with van der Waals surface area (Å²) < 4.78 is 5.29. The quantitative estimate of drug-likeness (QED) is 0.801. The van der Waals surface area contributed by atoms with Gasteiger partial charge in [0.25, 0.3) is 0 Å². The van der Waals surface area contributed by atoms with Gasteiger partial charge in [-0.1, -0.05) is 0 Å². The van der Waals surface area contributed by atoms with Gasteiger partial charge in [-0.15, -0.1) is 0 Å². The van der Waals surface area contributed by atoms with E-state index in [0.29, 0.717) is 0 Å². The van der Waals surface area contributed by atoms with Gasteiger partial charge >= 0.3 is 0 Å². The summed E-state index contributed by atoms with van der Waals surface area (Å²) >= 11 is 0. The van der Waals surface area contributed by atoms with Gasteiger partial charge in [0.1, 0.15) is 5.82 Å². The number of morpholine rings is 1. The molecule has 0 aromatic carbocycles. The minimum Gasteiger partial charge on any atom is -0.379 e. The molecule has 0 aliphatic carbocycles. The van der Waals surface area contributed by atoms with Crippen molar-refractivity contribution in [2.75, 3.05) is 43.6 Å². The highest BCUT2D eigenvalue weighted by Crippen LogP contribution is 2.13. The molecule has 0 saturated carbocycles. The first-order chi connectivity index (χ1) is 7.88. The third kappa shape index (κ3) is 3.08. The molecule has 2 N–H and O–H groups in total. The van der Waals surface area contributed by atoms with E-state index >= 15 is 0 Å². The third-order valence-corrected chi connectivity index (χ3v) is 2.42. The maximum absolute atomic E-state index is 5.29. The van der Waals surface area contributed by atoms with Crippen LogP contribution in [0.15, 0.2) is 18.3 Å². The topological polar surface area (TPSA) is 49.4 Å². The molecule has 1 aromatic rings. The number of nitrogens with one attached hydrogen (secondary N) is 2. The average molecular weight is 222 g/mol. The molecular formula is C11H18N4O. The van der Waals surface area contributed by atoms with E-state index in [1.165, 1.54) is 0 Å². The van der Waals surface area contributed by atoms with Crippen LogP contribution < -0.4 is 10.7 Å². The van der Waals surface area contributed by atoms with Gasteiger partial charge in [-0.3, -0.25) is 0 Å². The minimum absolute atomic E-state index is 0.790. The Bertz CT molecular complexity index is 326. The lowest BCUT2D eigenvalue weighted by molar-refractivity contribution is 0.0497. The van der Waals surface area contributed by atoms with Crippen molar-refractivity contribution in [1.82, 2.24) is 9.99 Å². The molecule has 5 heteroatoms. The van der Waals surface area contributed by atoms with Crippen LogP contribution in [-0.2, 0) is 4.74 Å². The Balaban J connectivity index is 1.94. The van der Waals surface area contributed by atoms with Gasteiger partial charge in [-0.05, 0) is 13.0 Å². The zero-order valence-corrected chi connectivity index (χ0v) is 9.57. The Morgan fingerprint density at radius 3 is 3.00 bits per heavy atom. The fourth-order valence-corrected chi connectivity index (χ4v) is 1.64. The molecule has 1 aliphatic heterocycles. The molecule has 0 radical (unpaired) electrons. The van der Waals surface area contributed by atoms with Gasteiger partial charge < -0.3 is 15.5 Å². The van der Waals surface area contributed by atoms with E-state index in [1.807, 2.05) is 12.1 Å². The Labute approximate surface area is 95.8 Å². The number of hydrazine groups is 1. The molecule has 2 rings (SSSR count). The zero-order chi connectivity index (χ0) is 11.2. The van der Waals surface area contributed by atoms with Gasteiger partial charge in [0.15, 0.2) is 0 Å². The molecule has 0 spiro atoms. The highest BCUT2D eigenvalue weighted by Gasteiger charge is 2.09. The monoisotopic (exact) mass is 222 g/mol. The fourth-order valence-electron chi connectivity index (χ4n) is 1.64. The molecule has 5 nitrogen and oxygen atoms in total. The predicted octanol–water partition coefficient (Wildman–Crippen LogP) is 1.17. The first kappa shape index (κ1) is 11.2. The van der Waals surface area contributed by atoms with Crippen LogP contribution in [0.2, 0.25) is 0 Å². The standard InChI is InChI=1S/C11H18N4O/c1-2-12-11-9-10(3-4-13-11)14-15-5-7-16-8-6-15/h3-4,9H,2,5-8H2,1H3,(H2,12,13,14). The van der Waals surface area contributed by atoms with Gasteiger partial charge in [0, 0.05) is 31.9 Å². The summed E-state index contributed by atoms with van der Waals surface area (Å²) in [4.78, 5) is 4.23. The molecule has 88 valence electrons. The maximum Gasteiger partial charge on any atom is 0.127 e. The lowest BCUT2D eigenvalue weighted by atomic mass is 10.4. The van der Waals surface area contributed by atoms with E-state index < -0.39 is 0 Å². The van der Waals surface area contributed by atoms with Crippen molar-refractivity contribution in [3.8, 4) is 0 Å². The van der Waals surface area contributed by atoms with Crippen molar-refractivity contribution < 1.29 is 4.74 Å². The van der Waals surface area contributed by atoms with Gasteiger partial charge in [0.2, 0.25) is 0 Å². The van der Waals surface area contributed by atoms with Crippen LogP contribution in [0.3, 0.4) is 0 Å². The van der Waals surface area contributed by atoms with Crippen LogP contribution in [0.5, 0.6) is 0 Å². The van der Waals surface area contributed by atoms with Crippen LogP contribution in [0.25, 0.3) is 0 Å². The van der Waals surface area contributed by atoms with Gasteiger partial charge in [-0.2, -0.15) is 0 Å². The average Bonchev–Trinajstić information content (AvgIpc) is 2.31. The Morgan fingerprint density at radius 2 is 2.25 bits per heavy atom. The smallest absolute Gasteiger partial charge is 0.127 e. The molecule has 0 amide bonds. The van der Waals surface area contributed by atoms with E-state index in [2.05, 4.69) is 27.7 Å². The van der Waals surface area contributed by atoms with Crippen LogP contribution >= 0.6 is 0 Å². The van der Waals surface area contributed by atoms with Crippen molar-refractivity contribution >= 4 is 11.5 Å². The summed E-state index contributed by atoms with van der Waals surface area (Å²) in [5, 5.41) is 5.35. The first-order valence-electron chi connectivity index (χ1n) is 5.68. The van der Waals surface area contributed by atoms with Crippen molar-refractivity contribution in [2.45, 2.75) is 6.92 Å². The summed E-state index contributed by atoms with van der Waals surface area (Å²) in [6, 6.07) is 3.98. The van der Waals surface area contributed by atoms with E-state index in [0.717, 1.165) is 44.4 Å². The molecule has 0 unspecified atom stereocenters. The Kier molecular flexibility index (Phi) is 3.96. The summed E-state index contributed by atoms with van der Waals surface area (Å²) in [5.41, 5.74) is 4.42. The predicted molar refractivity (Wildman–Crippen MR) is 64.4 cm³/mol. The molecule has 0 bridgehead atoms. The molecule has 1 aromatic heterocycles.